The van der Waals surface area contributed by atoms with Gasteiger partial charge in [0.05, 0.1) is 24.4 Å². The van der Waals surface area contributed by atoms with E-state index in [1.165, 1.54) is 0 Å². The summed E-state index contributed by atoms with van der Waals surface area (Å²) in [4.78, 5) is 3.85. The standard InChI is InChI=1S/C8H16N4O4S/c1-5(2)17(14,15)10-3-7-11-8(12-16-7)6(9)4-13/h5-6,10,13H,3-4,9H2,1-2H3. The third-order valence-electron chi connectivity index (χ3n) is 2.06. The zero-order chi connectivity index (χ0) is 13.1. The number of aromatic nitrogens is 2. The second-order valence-corrected chi connectivity index (χ2v) is 6.07. The van der Waals surface area contributed by atoms with E-state index in [1.54, 1.807) is 13.8 Å². The first-order valence-electron chi connectivity index (χ1n) is 5.04. The molecule has 1 aromatic rings. The number of nitrogens with two attached hydrogens (primary N) is 1. The molecule has 0 aliphatic rings. The third-order valence-corrected chi connectivity index (χ3v) is 3.85. The van der Waals surface area contributed by atoms with E-state index in [9.17, 15) is 8.42 Å². The van der Waals surface area contributed by atoms with Gasteiger partial charge < -0.3 is 15.4 Å². The monoisotopic (exact) mass is 264 g/mol. The number of aliphatic hydroxyl groups is 1. The van der Waals surface area contributed by atoms with Crippen molar-refractivity contribution in [3.05, 3.63) is 11.7 Å². The van der Waals surface area contributed by atoms with Gasteiger partial charge in [0.1, 0.15) is 0 Å². The van der Waals surface area contributed by atoms with E-state index in [2.05, 4.69) is 14.9 Å². The van der Waals surface area contributed by atoms with Crippen molar-refractivity contribution in [2.24, 2.45) is 5.73 Å². The fraction of sp³-hybridized carbons (Fsp3) is 0.750. The molecule has 0 amide bonds. The van der Waals surface area contributed by atoms with Gasteiger partial charge in [-0.15, -0.1) is 0 Å². The highest BCUT2D eigenvalue weighted by atomic mass is 32.2. The Hall–Kier alpha value is -1.03. The van der Waals surface area contributed by atoms with E-state index in [0.717, 1.165) is 0 Å². The molecule has 0 aliphatic heterocycles. The predicted octanol–water partition coefficient (Wildman–Crippen LogP) is -1.11. The number of nitrogens with one attached hydrogen (secondary N) is 1. The Morgan fingerprint density at radius 3 is 2.71 bits per heavy atom. The molecule has 0 aromatic carbocycles. The van der Waals surface area contributed by atoms with E-state index < -0.39 is 21.3 Å². The van der Waals surface area contributed by atoms with Gasteiger partial charge >= 0.3 is 0 Å². The Morgan fingerprint density at radius 1 is 1.53 bits per heavy atom. The van der Waals surface area contributed by atoms with E-state index in [4.69, 9.17) is 15.4 Å². The van der Waals surface area contributed by atoms with Crippen LogP contribution in [0.5, 0.6) is 0 Å². The maximum atomic E-state index is 11.4. The molecule has 0 saturated heterocycles. The first-order chi connectivity index (χ1) is 7.86. The minimum absolute atomic E-state index is 0.0916. The second kappa shape index (κ2) is 5.54. The van der Waals surface area contributed by atoms with Crippen molar-refractivity contribution in [2.45, 2.75) is 31.7 Å². The van der Waals surface area contributed by atoms with Crippen molar-refractivity contribution < 1.29 is 18.0 Å². The second-order valence-electron chi connectivity index (χ2n) is 3.75. The molecule has 1 unspecified atom stereocenters. The zero-order valence-corrected chi connectivity index (χ0v) is 10.4. The number of nitrogens with zero attached hydrogens (tertiary/aromatic N) is 2. The van der Waals surface area contributed by atoms with E-state index in [0.29, 0.717) is 0 Å². The normalized spacial score (nSPS) is 14.2. The van der Waals surface area contributed by atoms with Gasteiger partial charge in [0.15, 0.2) is 5.82 Å². The predicted molar refractivity (Wildman–Crippen MR) is 59.2 cm³/mol. The Kier molecular flexibility index (Phi) is 4.57. The average molecular weight is 264 g/mol. The first kappa shape index (κ1) is 14.0. The topological polar surface area (TPSA) is 131 Å². The van der Waals surface area contributed by atoms with Crippen LogP contribution in [0.3, 0.4) is 0 Å². The minimum atomic E-state index is -3.37. The Bertz CT molecular complexity index is 456. The molecular weight excluding hydrogens is 248 g/mol. The fourth-order valence-electron chi connectivity index (χ4n) is 0.901. The highest BCUT2D eigenvalue weighted by Crippen LogP contribution is 2.06. The van der Waals surface area contributed by atoms with Crippen molar-refractivity contribution in [1.29, 1.82) is 0 Å². The number of rotatable bonds is 6. The van der Waals surface area contributed by atoms with Crippen LogP contribution in [-0.4, -0.2) is 35.5 Å². The lowest BCUT2D eigenvalue weighted by atomic mass is 10.3. The summed E-state index contributed by atoms with van der Waals surface area (Å²) in [6, 6.07) is -0.728. The maximum Gasteiger partial charge on any atom is 0.241 e. The van der Waals surface area contributed by atoms with Gasteiger partial charge in [0, 0.05) is 0 Å². The van der Waals surface area contributed by atoms with Gasteiger partial charge in [-0.2, -0.15) is 4.98 Å². The quantitative estimate of drug-likeness (QED) is 0.593. The highest BCUT2D eigenvalue weighted by molar-refractivity contribution is 7.90. The van der Waals surface area contributed by atoms with Gasteiger partial charge in [-0.1, -0.05) is 5.16 Å². The summed E-state index contributed by atoms with van der Waals surface area (Å²) in [7, 11) is -3.37. The molecule has 0 bridgehead atoms. The number of hydrogen-bond donors (Lipinski definition) is 3. The highest BCUT2D eigenvalue weighted by Gasteiger charge is 2.18. The van der Waals surface area contributed by atoms with Gasteiger partial charge in [-0.25, -0.2) is 13.1 Å². The Morgan fingerprint density at radius 2 is 2.18 bits per heavy atom. The summed E-state index contributed by atoms with van der Waals surface area (Å²) in [5.41, 5.74) is 5.46. The molecule has 0 fully saturated rings. The number of sulfonamides is 1. The molecule has 1 heterocycles. The maximum absolute atomic E-state index is 11.4. The van der Waals surface area contributed by atoms with Crippen molar-refractivity contribution in [1.82, 2.24) is 14.9 Å². The van der Waals surface area contributed by atoms with Crippen molar-refractivity contribution >= 4 is 10.0 Å². The molecule has 1 rings (SSSR count). The molecule has 8 nitrogen and oxygen atoms in total. The summed E-state index contributed by atoms with van der Waals surface area (Å²) < 4.78 is 30.0. The molecule has 17 heavy (non-hydrogen) atoms. The molecule has 0 saturated carbocycles. The number of hydrogen-bond acceptors (Lipinski definition) is 7. The summed E-state index contributed by atoms with van der Waals surface area (Å²) in [6.45, 7) is 2.72. The van der Waals surface area contributed by atoms with Crippen LogP contribution in [-0.2, 0) is 16.6 Å². The lowest BCUT2D eigenvalue weighted by molar-refractivity contribution is 0.259. The average Bonchev–Trinajstić information content (AvgIpc) is 2.74. The van der Waals surface area contributed by atoms with Crippen LogP contribution in [0.1, 0.15) is 31.6 Å². The minimum Gasteiger partial charge on any atom is -0.394 e. The molecule has 98 valence electrons. The summed E-state index contributed by atoms with van der Waals surface area (Å²) in [6.07, 6.45) is 0. The summed E-state index contributed by atoms with van der Waals surface area (Å²) in [5.74, 6) is 0.249. The fourth-order valence-corrected chi connectivity index (χ4v) is 1.56. The molecule has 0 spiro atoms. The first-order valence-corrected chi connectivity index (χ1v) is 6.59. The lowest BCUT2D eigenvalue weighted by Gasteiger charge is -2.06. The molecule has 0 radical (unpaired) electrons. The van der Waals surface area contributed by atoms with E-state index in [1.807, 2.05) is 0 Å². The summed E-state index contributed by atoms with van der Waals surface area (Å²) >= 11 is 0. The van der Waals surface area contributed by atoms with Crippen molar-refractivity contribution in [3.63, 3.8) is 0 Å². The molecule has 9 heteroatoms. The molecule has 4 N–H and O–H groups in total. The van der Waals surface area contributed by atoms with Gasteiger partial charge in [0.25, 0.3) is 0 Å². The van der Waals surface area contributed by atoms with Crippen molar-refractivity contribution in [3.8, 4) is 0 Å². The Balaban J connectivity index is 2.62. The largest absolute Gasteiger partial charge is 0.394 e. The molecule has 1 aromatic heterocycles. The van der Waals surface area contributed by atoms with E-state index >= 15 is 0 Å². The summed E-state index contributed by atoms with van der Waals surface area (Å²) in [5, 5.41) is 11.8. The van der Waals surface area contributed by atoms with Gasteiger partial charge in [-0.05, 0) is 13.8 Å². The van der Waals surface area contributed by atoms with Crippen LogP contribution in [0.25, 0.3) is 0 Å². The van der Waals surface area contributed by atoms with Gasteiger partial charge in [0.2, 0.25) is 15.9 Å². The zero-order valence-electron chi connectivity index (χ0n) is 9.62. The van der Waals surface area contributed by atoms with Crippen LogP contribution in [0, 0.1) is 0 Å². The van der Waals surface area contributed by atoms with Crippen LogP contribution < -0.4 is 10.5 Å². The van der Waals surface area contributed by atoms with Crippen LogP contribution in [0.15, 0.2) is 4.52 Å². The SMILES string of the molecule is CC(C)S(=O)(=O)NCc1nc(C(N)CO)no1. The number of aliphatic hydroxyl groups excluding tert-OH is 1. The van der Waals surface area contributed by atoms with Gasteiger partial charge in [-0.3, -0.25) is 0 Å². The lowest BCUT2D eigenvalue weighted by Crippen LogP contribution is -2.30. The van der Waals surface area contributed by atoms with Crippen LogP contribution in [0.2, 0.25) is 0 Å². The molecular formula is C8H16N4O4S. The van der Waals surface area contributed by atoms with E-state index in [-0.39, 0.29) is 24.9 Å². The Labute approximate surface area is 99.3 Å². The molecule has 1 atom stereocenters. The van der Waals surface area contributed by atoms with Crippen molar-refractivity contribution in [2.75, 3.05) is 6.61 Å². The molecule has 0 aliphatic carbocycles. The van der Waals surface area contributed by atoms with Crippen LogP contribution >= 0.6 is 0 Å². The van der Waals surface area contributed by atoms with Crippen LogP contribution in [0.4, 0.5) is 0 Å². The smallest absolute Gasteiger partial charge is 0.241 e. The third kappa shape index (κ3) is 3.73.